The van der Waals surface area contributed by atoms with E-state index in [9.17, 15) is 29.3 Å². The van der Waals surface area contributed by atoms with E-state index < -0.39 is 40.8 Å². The van der Waals surface area contributed by atoms with E-state index in [1.807, 2.05) is 91.0 Å². The van der Waals surface area contributed by atoms with Gasteiger partial charge >= 0.3 is 0 Å². The fourth-order valence-electron chi connectivity index (χ4n) is 8.88. The summed E-state index contributed by atoms with van der Waals surface area (Å²) in [5.74, 6) is -0.279. The number of allylic oxidation sites excluding steroid dienone is 2. The summed E-state index contributed by atoms with van der Waals surface area (Å²) < 4.78 is 17.5. The van der Waals surface area contributed by atoms with Crippen molar-refractivity contribution >= 4 is 40.1 Å². The lowest BCUT2D eigenvalue weighted by Gasteiger charge is -2.24. The predicted molar refractivity (Wildman–Crippen MR) is 259 cm³/mol. The maximum Gasteiger partial charge on any atom is 0.278 e. The summed E-state index contributed by atoms with van der Waals surface area (Å²) in [5, 5.41) is 23.1. The smallest absolute Gasteiger partial charge is 0.278 e. The van der Waals surface area contributed by atoms with E-state index >= 15 is 0 Å². The number of nitro benzene ring substituents is 1. The van der Waals surface area contributed by atoms with Gasteiger partial charge in [-0.05, 0) is 97.4 Å². The van der Waals surface area contributed by atoms with Crippen molar-refractivity contribution in [3.8, 4) is 11.5 Å². The topological polar surface area (TPSA) is 199 Å². The molecular weight excluding hydrogens is 865 g/mol. The van der Waals surface area contributed by atoms with E-state index in [0.717, 1.165) is 47.6 Å². The molecule has 0 radical (unpaired) electrons. The molecule has 0 spiro atoms. The zero-order valence-corrected chi connectivity index (χ0v) is 38.5. The molecule has 0 saturated heterocycles. The SMILES string of the molecule is COc1cc(C(C)NNC(=O)[C@H](COCc2ccccc2)NC(=O)[C@H](Cc2ccccc2)NC(=O)c2ccc3ccccc3c2)c([N+](=O)[O-])cc1OCCCC(=O)NC1CCC2CC=CC(C2)C1. The summed E-state index contributed by atoms with van der Waals surface area (Å²) in [5.41, 5.74) is 7.35. The van der Waals surface area contributed by atoms with Crippen LogP contribution in [0.5, 0.6) is 11.5 Å². The Morgan fingerprint density at radius 1 is 0.794 bits per heavy atom. The van der Waals surface area contributed by atoms with Crippen LogP contribution in [0, 0.1) is 22.0 Å². The maximum absolute atomic E-state index is 14.2. The summed E-state index contributed by atoms with van der Waals surface area (Å²) in [4.78, 5) is 66.7. The predicted octanol–water partition coefficient (Wildman–Crippen LogP) is 7.59. The van der Waals surface area contributed by atoms with Crippen LogP contribution in [0.2, 0.25) is 0 Å². The van der Waals surface area contributed by atoms with Crippen LogP contribution in [0.15, 0.2) is 127 Å². The molecule has 15 heteroatoms. The Balaban J connectivity index is 0.997. The Morgan fingerprint density at radius 3 is 2.28 bits per heavy atom. The van der Waals surface area contributed by atoms with Crippen molar-refractivity contribution in [3.63, 3.8) is 0 Å². The van der Waals surface area contributed by atoms with Crippen LogP contribution < -0.4 is 36.3 Å². The van der Waals surface area contributed by atoms with Gasteiger partial charge in [0.1, 0.15) is 12.1 Å². The number of carbonyl (C=O) groups excluding carboxylic acids is 4. The Morgan fingerprint density at radius 2 is 1.53 bits per heavy atom. The van der Waals surface area contributed by atoms with Crippen LogP contribution in [0.25, 0.3) is 10.8 Å². The van der Waals surface area contributed by atoms with Crippen LogP contribution in [-0.4, -0.2) is 67.0 Å². The highest BCUT2D eigenvalue weighted by atomic mass is 16.6. The number of carbonyl (C=O) groups is 4. The number of rotatable bonds is 22. The van der Waals surface area contributed by atoms with Crippen LogP contribution in [0.1, 0.15) is 85.0 Å². The molecule has 2 aliphatic carbocycles. The molecule has 5 aromatic rings. The van der Waals surface area contributed by atoms with E-state index in [-0.39, 0.29) is 67.4 Å². The summed E-state index contributed by atoms with van der Waals surface area (Å²) in [6.07, 6.45) is 10.7. The lowest BCUT2D eigenvalue weighted by atomic mass is 9.86. The molecule has 0 aromatic heterocycles. The normalized spacial score (nSPS) is 17.7. The van der Waals surface area contributed by atoms with Gasteiger partial charge in [-0.25, -0.2) is 5.43 Å². The maximum atomic E-state index is 14.2. The highest BCUT2D eigenvalue weighted by Gasteiger charge is 2.30. The highest BCUT2D eigenvalue weighted by Crippen LogP contribution is 2.38. The Hall–Kier alpha value is -7.10. The molecule has 0 heterocycles. The Bertz CT molecular complexity index is 2560. The van der Waals surface area contributed by atoms with E-state index in [0.29, 0.717) is 23.8 Å². The molecule has 6 atom stereocenters. The third-order valence-corrected chi connectivity index (χ3v) is 12.5. The first-order chi connectivity index (χ1) is 33.0. The second kappa shape index (κ2) is 24.1. The summed E-state index contributed by atoms with van der Waals surface area (Å²) in [6, 6.07) is 31.1. The van der Waals surface area contributed by atoms with Crippen molar-refractivity contribution in [1.82, 2.24) is 26.8 Å². The van der Waals surface area contributed by atoms with Gasteiger partial charge in [-0.3, -0.25) is 34.7 Å². The number of hydrogen-bond donors (Lipinski definition) is 5. The number of nitrogens with one attached hydrogen (secondary N) is 5. The molecule has 2 aliphatic rings. The number of nitro groups is 1. The van der Waals surface area contributed by atoms with Crippen LogP contribution >= 0.6 is 0 Å². The standard InChI is InChI=1S/C53H60N6O9/c1-35(44-31-48(66-2)49(32-47(44)59(64)65)68-26-12-21-50(60)54-43-25-22-37-17-11-18-39(27-37)28-43)57-58-53(63)46(34-67-33-38-15-7-4-8-16-38)56-52(62)45(29-36-13-5-3-6-14-36)55-51(61)42-24-23-40-19-9-10-20-41(40)30-42/h3-11,13-16,18-20,23-24,30-32,35,37,39,43,45-46,57H,12,17,21-22,25-29,33-34H2,1-2H3,(H,54,60)(H,55,61)(H,56,62)(H,58,63)/t35?,37?,39?,43?,45-,46-/m0/s1. The molecule has 5 aromatic carbocycles. The third-order valence-electron chi connectivity index (χ3n) is 12.5. The lowest BCUT2D eigenvalue weighted by molar-refractivity contribution is -0.385. The third kappa shape index (κ3) is 13.7. The van der Waals surface area contributed by atoms with Crippen molar-refractivity contribution in [2.75, 3.05) is 20.3 Å². The van der Waals surface area contributed by atoms with E-state index in [1.54, 1.807) is 19.1 Å². The van der Waals surface area contributed by atoms with Crippen molar-refractivity contribution in [2.45, 2.75) is 89.1 Å². The van der Waals surface area contributed by atoms with E-state index in [1.165, 1.54) is 25.7 Å². The van der Waals surface area contributed by atoms with Gasteiger partial charge in [0.05, 0.1) is 49.5 Å². The van der Waals surface area contributed by atoms with Crippen LogP contribution in [-0.2, 0) is 32.1 Å². The first-order valence-corrected chi connectivity index (χ1v) is 23.3. The zero-order valence-electron chi connectivity index (χ0n) is 38.5. The van der Waals surface area contributed by atoms with Gasteiger partial charge in [0.2, 0.25) is 11.8 Å². The zero-order chi connectivity index (χ0) is 47.8. The Kier molecular flexibility index (Phi) is 17.3. The molecule has 5 N–H and O–H groups in total. The second-order valence-electron chi connectivity index (χ2n) is 17.6. The fourth-order valence-corrected chi connectivity index (χ4v) is 8.88. The molecule has 4 amide bonds. The van der Waals surface area contributed by atoms with Crippen molar-refractivity contribution in [1.29, 1.82) is 0 Å². The minimum atomic E-state index is -1.27. The number of methoxy groups -OCH3 is 1. The van der Waals surface area contributed by atoms with Crippen molar-refractivity contribution in [2.24, 2.45) is 11.8 Å². The molecule has 7 rings (SSSR count). The van der Waals surface area contributed by atoms with Gasteiger partial charge in [0.25, 0.3) is 17.5 Å². The molecule has 15 nitrogen and oxygen atoms in total. The van der Waals surface area contributed by atoms with Gasteiger partial charge in [-0.1, -0.05) is 103 Å². The molecule has 68 heavy (non-hydrogen) atoms. The second-order valence-corrected chi connectivity index (χ2v) is 17.6. The monoisotopic (exact) mass is 924 g/mol. The van der Waals surface area contributed by atoms with E-state index in [2.05, 4.69) is 39.0 Å². The minimum absolute atomic E-state index is 0.0467. The lowest BCUT2D eigenvalue weighted by Crippen LogP contribution is -2.57. The molecule has 356 valence electrons. The van der Waals surface area contributed by atoms with Crippen molar-refractivity contribution in [3.05, 3.63) is 160 Å². The summed E-state index contributed by atoms with van der Waals surface area (Å²) in [7, 11) is 1.42. The number of nitrogens with zero attached hydrogens (tertiary/aromatic N) is 1. The van der Waals surface area contributed by atoms with Gasteiger partial charge < -0.3 is 30.2 Å². The average Bonchev–Trinajstić information content (AvgIpc) is 3.49. The molecule has 0 aliphatic heterocycles. The van der Waals surface area contributed by atoms with Gasteiger partial charge in [0.15, 0.2) is 11.5 Å². The molecule has 2 bridgehead atoms. The Labute approximate surface area is 396 Å². The molecular formula is C53H60N6O9. The molecule has 1 saturated carbocycles. The van der Waals surface area contributed by atoms with Crippen LogP contribution in [0.4, 0.5) is 5.69 Å². The van der Waals surface area contributed by atoms with Gasteiger partial charge in [-0.2, -0.15) is 0 Å². The van der Waals surface area contributed by atoms with Crippen LogP contribution in [0.3, 0.4) is 0 Å². The van der Waals surface area contributed by atoms with Gasteiger partial charge in [-0.15, -0.1) is 0 Å². The molecule has 4 unspecified atom stereocenters. The summed E-state index contributed by atoms with van der Waals surface area (Å²) in [6.45, 7) is 1.64. The quantitative estimate of drug-likeness (QED) is 0.0200. The first kappa shape index (κ1) is 48.8. The molecule has 1 fully saturated rings. The number of benzene rings is 5. The number of ether oxygens (including phenoxy) is 3. The number of amides is 4. The number of hydrazine groups is 1. The van der Waals surface area contributed by atoms with Gasteiger partial charge in [0, 0.05) is 24.4 Å². The van der Waals surface area contributed by atoms with E-state index in [4.69, 9.17) is 14.2 Å². The first-order valence-electron chi connectivity index (χ1n) is 23.3. The fraction of sp³-hybridized carbons (Fsp3) is 0.358. The highest BCUT2D eigenvalue weighted by molar-refractivity contribution is 6.01. The largest absolute Gasteiger partial charge is 0.493 e. The van der Waals surface area contributed by atoms with Crippen molar-refractivity contribution < 1.29 is 38.3 Å². The average molecular weight is 925 g/mol. The summed E-state index contributed by atoms with van der Waals surface area (Å²) >= 11 is 0. The number of fused-ring (bicyclic) bond motifs is 3. The number of hydrogen-bond acceptors (Lipinski definition) is 10. The minimum Gasteiger partial charge on any atom is -0.493 e.